The molecule has 1 saturated heterocycles. The quantitative estimate of drug-likeness (QED) is 0.834. The van der Waals surface area contributed by atoms with Crippen LogP contribution in [0.1, 0.15) is 13.3 Å². The SMILES string of the molecule is CNCCC1C(=O)NCC(C)N1c1ccccc1. The third-order valence-corrected chi connectivity index (χ3v) is 3.41. The van der Waals surface area contributed by atoms with Gasteiger partial charge in [-0.05, 0) is 39.1 Å². The van der Waals surface area contributed by atoms with Gasteiger partial charge in [-0.2, -0.15) is 0 Å². The minimum atomic E-state index is -0.0800. The number of piperazine rings is 1. The highest BCUT2D eigenvalue weighted by molar-refractivity contribution is 5.86. The van der Waals surface area contributed by atoms with Crippen molar-refractivity contribution >= 4 is 11.6 Å². The van der Waals surface area contributed by atoms with Crippen LogP contribution in [0, 0.1) is 0 Å². The van der Waals surface area contributed by atoms with Crippen LogP contribution >= 0.6 is 0 Å². The van der Waals surface area contributed by atoms with E-state index in [1.165, 1.54) is 0 Å². The first kappa shape index (κ1) is 12.9. The highest BCUT2D eigenvalue weighted by Gasteiger charge is 2.33. The number of anilines is 1. The minimum Gasteiger partial charge on any atom is -0.355 e. The molecule has 2 rings (SSSR count). The van der Waals surface area contributed by atoms with E-state index >= 15 is 0 Å². The zero-order chi connectivity index (χ0) is 13.0. The Morgan fingerprint density at radius 2 is 2.11 bits per heavy atom. The minimum absolute atomic E-state index is 0.0800. The zero-order valence-electron chi connectivity index (χ0n) is 11.0. The topological polar surface area (TPSA) is 44.4 Å². The Kier molecular flexibility index (Phi) is 4.20. The van der Waals surface area contributed by atoms with Gasteiger partial charge < -0.3 is 15.5 Å². The molecule has 98 valence electrons. The summed E-state index contributed by atoms with van der Waals surface area (Å²) in [6.45, 7) is 3.71. The molecule has 1 heterocycles. The van der Waals surface area contributed by atoms with E-state index in [1.807, 2.05) is 25.2 Å². The molecule has 18 heavy (non-hydrogen) atoms. The number of hydrogen-bond donors (Lipinski definition) is 2. The normalized spacial score (nSPS) is 23.9. The van der Waals surface area contributed by atoms with Gasteiger partial charge in [0.15, 0.2) is 0 Å². The second-order valence-corrected chi connectivity index (χ2v) is 4.75. The van der Waals surface area contributed by atoms with E-state index in [-0.39, 0.29) is 11.9 Å². The Bertz CT molecular complexity index is 393. The lowest BCUT2D eigenvalue weighted by molar-refractivity contribution is -0.123. The maximum atomic E-state index is 12.0. The van der Waals surface area contributed by atoms with Gasteiger partial charge in [-0.3, -0.25) is 4.79 Å². The molecule has 1 aliphatic heterocycles. The Morgan fingerprint density at radius 1 is 1.39 bits per heavy atom. The van der Waals surface area contributed by atoms with Crippen LogP contribution in [0.5, 0.6) is 0 Å². The van der Waals surface area contributed by atoms with Gasteiger partial charge in [0.05, 0.1) is 0 Å². The maximum Gasteiger partial charge on any atom is 0.242 e. The van der Waals surface area contributed by atoms with Crippen LogP contribution in [0.3, 0.4) is 0 Å². The van der Waals surface area contributed by atoms with Crippen LogP contribution < -0.4 is 15.5 Å². The van der Waals surface area contributed by atoms with E-state index < -0.39 is 0 Å². The van der Waals surface area contributed by atoms with Gasteiger partial charge in [0.2, 0.25) is 5.91 Å². The van der Waals surface area contributed by atoms with Crippen LogP contribution in [0.4, 0.5) is 5.69 Å². The van der Waals surface area contributed by atoms with E-state index in [0.29, 0.717) is 12.6 Å². The lowest BCUT2D eigenvalue weighted by atomic mass is 10.0. The van der Waals surface area contributed by atoms with Gasteiger partial charge >= 0.3 is 0 Å². The third kappa shape index (κ3) is 2.64. The monoisotopic (exact) mass is 247 g/mol. The average molecular weight is 247 g/mol. The average Bonchev–Trinajstić information content (AvgIpc) is 2.40. The van der Waals surface area contributed by atoms with Gasteiger partial charge in [-0.1, -0.05) is 18.2 Å². The fraction of sp³-hybridized carbons (Fsp3) is 0.500. The summed E-state index contributed by atoms with van der Waals surface area (Å²) in [5.74, 6) is 0.132. The summed E-state index contributed by atoms with van der Waals surface area (Å²) in [4.78, 5) is 14.3. The molecular formula is C14H21N3O. The summed E-state index contributed by atoms with van der Waals surface area (Å²) in [5.41, 5.74) is 1.13. The smallest absolute Gasteiger partial charge is 0.242 e. The second kappa shape index (κ2) is 5.87. The molecule has 0 aromatic heterocycles. The highest BCUT2D eigenvalue weighted by Crippen LogP contribution is 2.23. The predicted molar refractivity (Wildman–Crippen MR) is 73.7 cm³/mol. The third-order valence-electron chi connectivity index (χ3n) is 3.41. The van der Waals surface area contributed by atoms with Crippen molar-refractivity contribution in [1.29, 1.82) is 0 Å². The molecule has 4 heteroatoms. The Labute approximate surface area is 108 Å². The molecule has 1 aliphatic rings. The molecular weight excluding hydrogens is 226 g/mol. The van der Waals surface area contributed by atoms with E-state index in [1.54, 1.807) is 0 Å². The van der Waals surface area contributed by atoms with Crippen molar-refractivity contribution < 1.29 is 4.79 Å². The van der Waals surface area contributed by atoms with Crippen molar-refractivity contribution in [3.63, 3.8) is 0 Å². The first-order valence-corrected chi connectivity index (χ1v) is 6.49. The molecule has 1 aromatic carbocycles. The second-order valence-electron chi connectivity index (χ2n) is 4.75. The number of amides is 1. The van der Waals surface area contributed by atoms with Crippen molar-refractivity contribution in [1.82, 2.24) is 10.6 Å². The Hall–Kier alpha value is -1.55. The van der Waals surface area contributed by atoms with Gasteiger partial charge in [-0.15, -0.1) is 0 Å². The summed E-state index contributed by atoms with van der Waals surface area (Å²) in [5, 5.41) is 6.10. The Morgan fingerprint density at radius 3 is 2.78 bits per heavy atom. The number of hydrogen-bond acceptors (Lipinski definition) is 3. The maximum absolute atomic E-state index is 12.0. The predicted octanol–water partition coefficient (Wildman–Crippen LogP) is 0.989. The van der Waals surface area contributed by atoms with Crippen molar-refractivity contribution in [2.24, 2.45) is 0 Å². The zero-order valence-corrected chi connectivity index (χ0v) is 11.0. The molecule has 1 fully saturated rings. The number of benzene rings is 1. The van der Waals surface area contributed by atoms with Crippen LogP contribution in [0.25, 0.3) is 0 Å². The van der Waals surface area contributed by atoms with Crippen LogP contribution in [-0.4, -0.2) is 38.1 Å². The van der Waals surface area contributed by atoms with Gasteiger partial charge in [0.25, 0.3) is 0 Å². The van der Waals surface area contributed by atoms with Crippen LogP contribution in [-0.2, 0) is 4.79 Å². The van der Waals surface area contributed by atoms with Crippen molar-refractivity contribution in [2.45, 2.75) is 25.4 Å². The number of rotatable bonds is 4. The fourth-order valence-electron chi connectivity index (χ4n) is 2.48. The first-order valence-electron chi connectivity index (χ1n) is 6.49. The number of nitrogens with zero attached hydrogens (tertiary/aromatic N) is 1. The molecule has 1 aromatic rings. The summed E-state index contributed by atoms with van der Waals surface area (Å²) in [6, 6.07) is 10.4. The van der Waals surface area contributed by atoms with Crippen molar-refractivity contribution in [2.75, 3.05) is 25.0 Å². The van der Waals surface area contributed by atoms with Gasteiger partial charge in [0.1, 0.15) is 6.04 Å². The molecule has 2 atom stereocenters. The fourth-order valence-corrected chi connectivity index (χ4v) is 2.48. The lowest BCUT2D eigenvalue weighted by Gasteiger charge is -2.41. The standard InChI is InChI=1S/C14H21N3O/c1-11-10-16-14(18)13(8-9-15-2)17(11)12-6-4-3-5-7-12/h3-7,11,13,15H,8-10H2,1-2H3,(H,16,18). The summed E-state index contributed by atoms with van der Waals surface area (Å²) >= 11 is 0. The first-order chi connectivity index (χ1) is 8.74. The molecule has 0 saturated carbocycles. The van der Waals surface area contributed by atoms with E-state index in [2.05, 4.69) is 34.6 Å². The van der Waals surface area contributed by atoms with Crippen molar-refractivity contribution in [3.8, 4) is 0 Å². The van der Waals surface area contributed by atoms with E-state index in [0.717, 1.165) is 18.7 Å². The summed E-state index contributed by atoms with van der Waals surface area (Å²) < 4.78 is 0. The lowest BCUT2D eigenvalue weighted by Crippen LogP contribution is -2.60. The van der Waals surface area contributed by atoms with E-state index in [9.17, 15) is 4.79 Å². The molecule has 0 spiro atoms. The number of carbonyl (C=O) groups is 1. The molecule has 0 aliphatic carbocycles. The summed E-state index contributed by atoms with van der Waals surface area (Å²) in [7, 11) is 1.91. The van der Waals surface area contributed by atoms with Crippen LogP contribution in [0.2, 0.25) is 0 Å². The summed E-state index contributed by atoms with van der Waals surface area (Å²) in [6.07, 6.45) is 0.821. The molecule has 2 unspecified atom stereocenters. The number of nitrogens with one attached hydrogen (secondary N) is 2. The number of para-hydroxylation sites is 1. The molecule has 0 radical (unpaired) electrons. The van der Waals surface area contributed by atoms with Gasteiger partial charge in [0, 0.05) is 18.3 Å². The van der Waals surface area contributed by atoms with Gasteiger partial charge in [-0.25, -0.2) is 0 Å². The largest absolute Gasteiger partial charge is 0.355 e. The molecule has 1 amide bonds. The highest BCUT2D eigenvalue weighted by atomic mass is 16.2. The molecule has 2 N–H and O–H groups in total. The Balaban J connectivity index is 2.23. The van der Waals surface area contributed by atoms with E-state index in [4.69, 9.17) is 0 Å². The van der Waals surface area contributed by atoms with Crippen LogP contribution in [0.15, 0.2) is 30.3 Å². The molecule has 0 bridgehead atoms. The number of carbonyl (C=O) groups excluding carboxylic acids is 1. The van der Waals surface area contributed by atoms with Crippen molar-refractivity contribution in [3.05, 3.63) is 30.3 Å². The molecule has 4 nitrogen and oxygen atoms in total.